The average Bonchev–Trinajstić information content (AvgIpc) is 3.26. The third-order valence-corrected chi connectivity index (χ3v) is 16.4. The highest BCUT2D eigenvalue weighted by Gasteiger charge is 2.44. The molecular weight excluding hydrogens is 1090 g/mol. The number of nitrogens with one attached hydrogen (secondary N) is 6. The second-order valence-corrected chi connectivity index (χ2v) is 24.1. The minimum atomic E-state index is -1.05. The van der Waals surface area contributed by atoms with E-state index in [9.17, 15) is 43.5 Å². The van der Waals surface area contributed by atoms with E-state index >= 15 is 0 Å². The van der Waals surface area contributed by atoms with Gasteiger partial charge in [-0.15, -0.1) is 0 Å². The Bertz CT molecular complexity index is 2430. The lowest BCUT2D eigenvalue weighted by Crippen LogP contribution is -2.60. The summed E-state index contributed by atoms with van der Waals surface area (Å²) in [5.74, 6) is -4.16. The van der Waals surface area contributed by atoms with Gasteiger partial charge in [0.05, 0.1) is 54.8 Å². The molecule has 0 spiro atoms. The van der Waals surface area contributed by atoms with E-state index in [1.807, 2.05) is 59.7 Å². The van der Waals surface area contributed by atoms with E-state index < -0.39 is 114 Å². The molecule has 0 aromatic heterocycles. The molecule has 9 N–H and O–H groups in total. The molecule has 1 fully saturated rings. The number of aliphatic hydroxyl groups is 1. The molecule has 22 heteroatoms. The Morgan fingerprint density at radius 3 is 1.94 bits per heavy atom. The summed E-state index contributed by atoms with van der Waals surface area (Å²) in [7, 11) is 7.83. The molecule has 2 aromatic rings. The summed E-state index contributed by atoms with van der Waals surface area (Å²) in [4.78, 5) is 115. The number of ether oxygens (including phenoxy) is 3. The van der Waals surface area contributed by atoms with Crippen molar-refractivity contribution in [3.63, 3.8) is 0 Å². The fraction of sp³-hybridized carbons (Fsp3) is 0.683. The summed E-state index contributed by atoms with van der Waals surface area (Å²) < 4.78 is 17.7. The van der Waals surface area contributed by atoms with Crippen LogP contribution in [-0.2, 0) is 54.4 Å². The van der Waals surface area contributed by atoms with Gasteiger partial charge in [-0.05, 0) is 113 Å². The van der Waals surface area contributed by atoms with Crippen LogP contribution in [-0.4, -0.2) is 176 Å². The fourth-order valence-corrected chi connectivity index (χ4v) is 11.1. The molecule has 1 aliphatic rings. The highest BCUT2D eigenvalue weighted by atomic mass is 16.6. The first-order valence-corrected chi connectivity index (χ1v) is 30.4. The van der Waals surface area contributed by atoms with Crippen LogP contribution in [0.5, 0.6) is 0 Å². The number of nitrogens with two attached hydrogens (primary N) is 1. The predicted molar refractivity (Wildman–Crippen MR) is 328 cm³/mol. The van der Waals surface area contributed by atoms with Crippen molar-refractivity contribution >= 4 is 53.1 Å². The van der Waals surface area contributed by atoms with Crippen LogP contribution in [0.3, 0.4) is 0 Å². The van der Waals surface area contributed by atoms with E-state index in [-0.39, 0.29) is 42.6 Å². The standard InChI is InChI=1S/C63H104N10O12/c1-17-40(8)54(50(83-15)35-51(74)73-33-23-27-49(73)56(84-16)41(9)57(76)66-42(10)55(75)45-24-19-18-20-25-45)71(13)62(81)52(38(4)5)70-61(80)53(39(6)7)72(14)63(82)85-36-44-28-30-46(31-29-44)68-59(78)47(26-21-22-32-64)69-58(77)43(11)67-60(79)48(65-12)34-37(2)3/h18-20,24-25,28-31,37-43,47-50,52-56,65,75H,17,21-23,26-27,32-36,64H2,1-16H3,(H,66,76)(H,67,79)(H,68,78)(H,69,77)(H,70,80)/t40-,41+,42+,43-,47-,48+,49-,50+,52-,53-,54-,55+,56+/m0/s1. The maximum Gasteiger partial charge on any atom is 0.410 e. The maximum absolute atomic E-state index is 14.8. The number of hydrogen-bond acceptors (Lipinski definition) is 14. The second kappa shape index (κ2) is 36.1. The van der Waals surface area contributed by atoms with Crippen LogP contribution in [0.2, 0.25) is 0 Å². The molecule has 8 amide bonds. The Morgan fingerprint density at radius 1 is 0.741 bits per heavy atom. The van der Waals surface area contributed by atoms with Gasteiger partial charge in [-0.2, -0.15) is 0 Å². The van der Waals surface area contributed by atoms with E-state index in [0.29, 0.717) is 74.8 Å². The van der Waals surface area contributed by atoms with Gasteiger partial charge >= 0.3 is 6.09 Å². The molecule has 1 aliphatic heterocycles. The Hall–Kier alpha value is -6.20. The summed E-state index contributed by atoms with van der Waals surface area (Å²) in [6.07, 6.45) is 0.859. The van der Waals surface area contributed by atoms with Crippen molar-refractivity contribution in [3.05, 3.63) is 65.7 Å². The number of unbranched alkanes of at least 4 members (excludes halogenated alkanes) is 1. The van der Waals surface area contributed by atoms with Crippen molar-refractivity contribution < 1.29 is 57.7 Å². The zero-order valence-corrected chi connectivity index (χ0v) is 53.6. The quantitative estimate of drug-likeness (QED) is 0.0408. The van der Waals surface area contributed by atoms with Gasteiger partial charge in [0.2, 0.25) is 41.4 Å². The molecule has 478 valence electrons. The smallest absolute Gasteiger partial charge is 0.410 e. The highest BCUT2D eigenvalue weighted by molar-refractivity contribution is 5.98. The monoisotopic (exact) mass is 1190 g/mol. The number of aliphatic hydroxyl groups excluding tert-OH is 1. The normalized spacial score (nSPS) is 17.7. The predicted octanol–water partition coefficient (Wildman–Crippen LogP) is 5.27. The number of amides is 8. The lowest BCUT2D eigenvalue weighted by Gasteiger charge is -2.41. The number of hydrogen-bond donors (Lipinski definition) is 8. The van der Waals surface area contributed by atoms with E-state index in [2.05, 4.69) is 31.9 Å². The molecule has 0 unspecified atom stereocenters. The van der Waals surface area contributed by atoms with Crippen molar-refractivity contribution in [2.24, 2.45) is 35.3 Å². The number of rotatable bonds is 35. The Labute approximate surface area is 505 Å². The van der Waals surface area contributed by atoms with Gasteiger partial charge in [-0.25, -0.2) is 4.79 Å². The minimum Gasteiger partial charge on any atom is -0.445 e. The third kappa shape index (κ3) is 21.6. The van der Waals surface area contributed by atoms with E-state index in [0.717, 1.165) is 0 Å². The van der Waals surface area contributed by atoms with E-state index in [1.165, 1.54) is 26.2 Å². The third-order valence-electron chi connectivity index (χ3n) is 16.4. The summed E-state index contributed by atoms with van der Waals surface area (Å²) in [5, 5.41) is 28.2. The second-order valence-electron chi connectivity index (χ2n) is 24.1. The van der Waals surface area contributed by atoms with Crippen LogP contribution in [0.25, 0.3) is 0 Å². The molecule has 0 saturated carbocycles. The van der Waals surface area contributed by atoms with Crippen LogP contribution in [0, 0.1) is 29.6 Å². The summed E-state index contributed by atoms with van der Waals surface area (Å²) in [6.45, 7) is 20.9. The van der Waals surface area contributed by atoms with Crippen molar-refractivity contribution in [3.8, 4) is 0 Å². The van der Waals surface area contributed by atoms with Gasteiger partial charge in [0.1, 0.15) is 30.8 Å². The van der Waals surface area contributed by atoms with Gasteiger partial charge in [0.25, 0.3) is 0 Å². The number of carbonyl (C=O) groups is 8. The molecule has 22 nitrogen and oxygen atoms in total. The van der Waals surface area contributed by atoms with Crippen LogP contribution >= 0.6 is 0 Å². The zero-order valence-electron chi connectivity index (χ0n) is 53.6. The van der Waals surface area contributed by atoms with Gasteiger partial charge in [-0.3, -0.25) is 38.5 Å². The molecular formula is C63H104N10O12. The van der Waals surface area contributed by atoms with Gasteiger partial charge in [0.15, 0.2) is 0 Å². The van der Waals surface area contributed by atoms with Crippen molar-refractivity contribution in [2.45, 2.75) is 201 Å². The zero-order chi connectivity index (χ0) is 63.8. The van der Waals surface area contributed by atoms with Crippen molar-refractivity contribution in [2.75, 3.05) is 53.8 Å². The SMILES string of the molecule is CC[C@H](C)[C@@H]([C@@H](CC(=O)N1CCC[C@H]1[C@H](OC)[C@@H](C)C(=O)N[C@H](C)[C@@H](O)c1ccccc1)OC)N(C)C(=O)[C@@H](NC(=O)[C@H](C(C)C)N(C)C(=O)OCc1ccc(NC(=O)[C@H](CCCCN)NC(=O)[C@H](C)NC(=O)[C@@H](CC(C)C)NC)cc1)C(C)C. The van der Waals surface area contributed by atoms with Crippen LogP contribution in [0.15, 0.2) is 54.6 Å². The molecule has 1 heterocycles. The van der Waals surface area contributed by atoms with Crippen LogP contribution < -0.4 is 37.6 Å². The van der Waals surface area contributed by atoms with E-state index in [4.69, 9.17) is 19.9 Å². The largest absolute Gasteiger partial charge is 0.445 e. The van der Waals surface area contributed by atoms with Crippen LogP contribution in [0.1, 0.15) is 145 Å². The number of nitrogens with zero attached hydrogens (tertiary/aromatic N) is 3. The van der Waals surface area contributed by atoms with Crippen LogP contribution in [0.4, 0.5) is 10.5 Å². The molecule has 85 heavy (non-hydrogen) atoms. The molecule has 0 bridgehead atoms. The number of likely N-dealkylation sites (tertiary alicyclic amines) is 1. The first-order valence-electron chi connectivity index (χ1n) is 30.4. The Morgan fingerprint density at radius 2 is 1.39 bits per heavy atom. The van der Waals surface area contributed by atoms with Crippen molar-refractivity contribution in [1.82, 2.24) is 41.3 Å². The molecule has 1 saturated heterocycles. The van der Waals surface area contributed by atoms with Gasteiger partial charge in [0, 0.05) is 40.5 Å². The van der Waals surface area contributed by atoms with Gasteiger partial charge in [-0.1, -0.05) is 111 Å². The maximum atomic E-state index is 14.8. The average molecular weight is 1190 g/mol. The Kier molecular flexibility index (Phi) is 31.0. The fourth-order valence-electron chi connectivity index (χ4n) is 11.1. The molecule has 0 radical (unpaired) electrons. The minimum absolute atomic E-state index is 0.0730. The highest BCUT2D eigenvalue weighted by Crippen LogP contribution is 2.30. The topological polar surface area (TPSA) is 292 Å². The summed E-state index contributed by atoms with van der Waals surface area (Å²) >= 11 is 0. The lowest BCUT2D eigenvalue weighted by atomic mass is 9.89. The first kappa shape index (κ1) is 73.1. The number of carbonyl (C=O) groups excluding carboxylic acids is 8. The molecule has 0 aliphatic carbocycles. The number of benzene rings is 2. The van der Waals surface area contributed by atoms with Crippen molar-refractivity contribution in [1.29, 1.82) is 0 Å². The Balaban J connectivity index is 1.69. The van der Waals surface area contributed by atoms with E-state index in [1.54, 1.807) is 94.9 Å². The first-order chi connectivity index (χ1) is 40.2. The van der Waals surface area contributed by atoms with Gasteiger partial charge < -0.3 is 66.8 Å². The summed E-state index contributed by atoms with van der Waals surface area (Å²) in [5.41, 5.74) is 7.40. The lowest BCUT2D eigenvalue weighted by molar-refractivity contribution is -0.148. The molecule has 3 rings (SSSR count). The number of likely N-dealkylation sites (N-methyl/N-ethyl adjacent to an activating group) is 3. The summed E-state index contributed by atoms with van der Waals surface area (Å²) in [6, 6.07) is 9.71. The number of methoxy groups -OCH3 is 2. The molecule has 2 aromatic carbocycles. The molecule has 13 atom stereocenters. The number of anilines is 1.